The first-order valence-corrected chi connectivity index (χ1v) is 9.56. The van der Waals surface area contributed by atoms with Gasteiger partial charge in [0, 0.05) is 12.7 Å². The van der Waals surface area contributed by atoms with E-state index in [9.17, 15) is 25.3 Å². The second-order valence-corrected chi connectivity index (χ2v) is 7.92. The van der Waals surface area contributed by atoms with E-state index in [0.29, 0.717) is 18.5 Å². The monoisotopic (exact) mass is 419 g/mol. The molecule has 0 amide bonds. The molecule has 1 aliphatic carbocycles. The highest BCUT2D eigenvalue weighted by Crippen LogP contribution is 2.43. The van der Waals surface area contributed by atoms with Gasteiger partial charge in [-0.25, -0.2) is 0 Å². The van der Waals surface area contributed by atoms with Gasteiger partial charge in [-0.15, -0.1) is 0 Å². The maximum absolute atomic E-state index is 11.8. The van der Waals surface area contributed by atoms with Crippen molar-refractivity contribution < 1.29 is 24.4 Å². The Morgan fingerprint density at radius 1 is 1.27 bits per heavy atom. The van der Waals surface area contributed by atoms with E-state index in [1.54, 1.807) is 13.8 Å². The minimum atomic E-state index is -2.35. The van der Waals surface area contributed by atoms with Crippen molar-refractivity contribution in [2.45, 2.75) is 50.2 Å². The Labute approximate surface area is 173 Å². The van der Waals surface area contributed by atoms with Crippen LogP contribution in [0.5, 0.6) is 0 Å². The number of aliphatic hydroxyl groups is 1. The molecule has 1 heterocycles. The van der Waals surface area contributed by atoms with E-state index in [0.717, 1.165) is 18.7 Å². The van der Waals surface area contributed by atoms with E-state index in [4.69, 9.17) is 9.47 Å². The fourth-order valence-electron chi connectivity index (χ4n) is 3.92. The zero-order valence-electron chi connectivity index (χ0n) is 17.0. The highest BCUT2D eigenvalue weighted by molar-refractivity contribution is 5.38. The molecule has 3 rings (SSSR count). The average Bonchev–Trinajstić information content (AvgIpc) is 2.70. The smallest absolute Gasteiger partial charge is 0.418 e. The van der Waals surface area contributed by atoms with Gasteiger partial charge in [-0.1, -0.05) is 30.3 Å². The predicted molar refractivity (Wildman–Crippen MR) is 107 cm³/mol. The van der Waals surface area contributed by atoms with Gasteiger partial charge in [-0.05, 0) is 32.4 Å². The molecule has 0 radical (unpaired) electrons. The quantitative estimate of drug-likeness (QED) is 0.388. The first-order valence-electron chi connectivity index (χ1n) is 9.56. The lowest BCUT2D eigenvalue weighted by atomic mass is 9.80. The van der Waals surface area contributed by atoms with Crippen LogP contribution in [-0.4, -0.2) is 52.1 Å². The van der Waals surface area contributed by atoms with Gasteiger partial charge in [0.2, 0.25) is 0 Å². The molecular weight excluding hydrogens is 394 g/mol. The Morgan fingerprint density at radius 3 is 2.50 bits per heavy atom. The third-order valence-corrected chi connectivity index (χ3v) is 5.64. The lowest BCUT2D eigenvalue weighted by molar-refractivity contribution is -0.647. The summed E-state index contributed by atoms with van der Waals surface area (Å²) in [5.41, 5.74) is -2.64. The molecule has 3 atom stereocenters. The van der Waals surface area contributed by atoms with E-state index in [-0.39, 0.29) is 5.76 Å². The van der Waals surface area contributed by atoms with Crippen molar-refractivity contribution in [3.8, 4) is 0 Å². The molecule has 0 bridgehead atoms. The second kappa shape index (κ2) is 8.13. The lowest BCUT2D eigenvalue weighted by Gasteiger charge is -2.45. The number of allylic oxidation sites excluding steroid dienone is 1. The van der Waals surface area contributed by atoms with Gasteiger partial charge in [0.1, 0.15) is 17.5 Å². The van der Waals surface area contributed by atoms with Gasteiger partial charge < -0.3 is 19.9 Å². The minimum absolute atomic E-state index is 0.156. The largest absolute Gasteiger partial charge is 0.485 e. The summed E-state index contributed by atoms with van der Waals surface area (Å²) in [6.07, 6.45) is 0.285. The number of benzene rings is 1. The number of rotatable bonds is 7. The summed E-state index contributed by atoms with van der Waals surface area (Å²) >= 11 is 0. The van der Waals surface area contributed by atoms with E-state index in [2.05, 4.69) is 5.32 Å². The van der Waals surface area contributed by atoms with Crippen LogP contribution < -0.4 is 5.32 Å². The highest BCUT2D eigenvalue weighted by atomic mass is 16.7. The van der Waals surface area contributed by atoms with Crippen LogP contribution in [0.15, 0.2) is 53.4 Å². The van der Waals surface area contributed by atoms with Crippen LogP contribution in [0.25, 0.3) is 0 Å². The molecule has 0 spiro atoms. The van der Waals surface area contributed by atoms with E-state index in [1.165, 1.54) is 0 Å². The normalized spacial score (nSPS) is 27.7. The van der Waals surface area contributed by atoms with Gasteiger partial charge in [-0.3, -0.25) is 20.2 Å². The van der Waals surface area contributed by atoms with Crippen molar-refractivity contribution in [1.82, 2.24) is 5.32 Å². The van der Waals surface area contributed by atoms with Crippen molar-refractivity contribution in [3.05, 3.63) is 79.2 Å². The number of nitro groups is 2. The molecule has 0 aromatic heterocycles. The summed E-state index contributed by atoms with van der Waals surface area (Å²) in [7, 11) is 1.06. The zero-order chi connectivity index (χ0) is 22.1. The number of nitrogens with one attached hydrogen (secondary N) is 1. The van der Waals surface area contributed by atoms with Gasteiger partial charge in [0.25, 0.3) is 0 Å². The first kappa shape index (κ1) is 21.9. The molecule has 0 fully saturated rings. The van der Waals surface area contributed by atoms with Gasteiger partial charge in [0.05, 0.1) is 28.4 Å². The summed E-state index contributed by atoms with van der Waals surface area (Å²) < 4.78 is 10.9. The Bertz CT molecular complexity index is 897. The van der Waals surface area contributed by atoms with Crippen LogP contribution in [0.3, 0.4) is 0 Å². The third-order valence-electron chi connectivity index (χ3n) is 5.64. The van der Waals surface area contributed by atoms with Gasteiger partial charge in [0.15, 0.2) is 0 Å². The number of hydrogen-bond donors (Lipinski definition) is 2. The Balaban J connectivity index is 1.96. The molecule has 2 N–H and O–H groups in total. The van der Waals surface area contributed by atoms with Crippen LogP contribution in [0.4, 0.5) is 0 Å². The molecule has 1 aromatic rings. The molecule has 0 saturated carbocycles. The topological polar surface area (TPSA) is 137 Å². The summed E-state index contributed by atoms with van der Waals surface area (Å²) in [5.74, 6) is 0.156. The Hall–Kier alpha value is -2.82. The number of aliphatic hydroxyl groups excluding tert-OH is 1. The molecule has 0 saturated heterocycles. The summed E-state index contributed by atoms with van der Waals surface area (Å²) in [6, 6.07) is 9.04. The predicted octanol–water partition coefficient (Wildman–Crippen LogP) is 1.79. The van der Waals surface area contributed by atoms with Crippen molar-refractivity contribution in [2.24, 2.45) is 0 Å². The van der Waals surface area contributed by atoms with Crippen molar-refractivity contribution >= 4 is 0 Å². The van der Waals surface area contributed by atoms with Crippen LogP contribution in [-0.2, 0) is 15.9 Å². The van der Waals surface area contributed by atoms with Gasteiger partial charge >= 0.3 is 11.4 Å². The molecule has 162 valence electrons. The van der Waals surface area contributed by atoms with E-state index >= 15 is 0 Å². The number of ether oxygens (including phenoxy) is 2. The average molecular weight is 419 g/mol. The van der Waals surface area contributed by atoms with E-state index < -0.39 is 45.4 Å². The molecule has 3 unspecified atom stereocenters. The fourth-order valence-corrected chi connectivity index (χ4v) is 3.92. The maximum atomic E-state index is 11.8. The molecule has 1 aliphatic heterocycles. The molecular formula is C20H25N3O7. The molecule has 10 nitrogen and oxygen atoms in total. The summed E-state index contributed by atoms with van der Waals surface area (Å²) in [6.45, 7) is 3.82. The van der Waals surface area contributed by atoms with Crippen LogP contribution in [0.2, 0.25) is 0 Å². The first-order chi connectivity index (χ1) is 14.1. The summed E-state index contributed by atoms with van der Waals surface area (Å²) in [4.78, 5) is 21.7. The maximum Gasteiger partial charge on any atom is 0.418 e. The van der Waals surface area contributed by atoms with Crippen molar-refractivity contribution in [2.75, 3.05) is 13.7 Å². The van der Waals surface area contributed by atoms with Crippen molar-refractivity contribution in [1.29, 1.82) is 0 Å². The summed E-state index contributed by atoms with van der Waals surface area (Å²) in [5, 5.41) is 37.5. The third kappa shape index (κ3) is 3.81. The minimum Gasteiger partial charge on any atom is -0.485 e. The molecule has 1 aromatic carbocycles. The van der Waals surface area contributed by atoms with Crippen molar-refractivity contribution in [3.63, 3.8) is 0 Å². The number of methoxy groups -OCH3 is 1. The number of nitrogens with zero attached hydrogens (tertiary/aromatic N) is 2. The second-order valence-electron chi connectivity index (χ2n) is 7.92. The molecule has 10 heteroatoms. The van der Waals surface area contributed by atoms with E-state index in [1.807, 2.05) is 30.3 Å². The lowest BCUT2D eigenvalue weighted by Crippen LogP contribution is -2.59. The molecule has 30 heavy (non-hydrogen) atoms. The van der Waals surface area contributed by atoms with Crippen LogP contribution >= 0.6 is 0 Å². The molecule has 2 aliphatic rings. The SMILES string of the molecule is COC1([N+](=O)[O-])CC2=C(C=C1[N+](=O)[O-])OC(C)(C)C(O)C2NCCc1ccccc1. The van der Waals surface area contributed by atoms with Crippen LogP contribution in [0.1, 0.15) is 25.8 Å². The highest BCUT2D eigenvalue weighted by Gasteiger charge is 2.61. The zero-order valence-corrected chi connectivity index (χ0v) is 17.0. The van der Waals surface area contributed by atoms with Gasteiger partial charge in [-0.2, -0.15) is 0 Å². The number of hydrogen-bond acceptors (Lipinski definition) is 8. The van der Waals surface area contributed by atoms with Crippen LogP contribution in [0, 0.1) is 20.2 Å². The fraction of sp³-hybridized carbons (Fsp3) is 0.500. The Kier molecular flexibility index (Phi) is 5.93. The Morgan fingerprint density at radius 2 is 1.93 bits per heavy atom. The standard InChI is InChI=1S/C20H25N3O7/c1-19(2)18(24)17(21-10-9-13-7-5-4-6-8-13)14-12-20(29-3,23(27)28)16(22(25)26)11-15(14)30-19/h4-8,11,17-18,21,24H,9-10,12H2,1-3H3.